The molecular weight excluding hydrogens is 290 g/mol. The second-order valence-corrected chi connectivity index (χ2v) is 5.73. The van der Waals surface area contributed by atoms with Crippen LogP contribution in [0.25, 0.3) is 0 Å². The predicted octanol–water partition coefficient (Wildman–Crippen LogP) is 1.72. The number of aliphatic hydroxyl groups is 1. The average Bonchev–Trinajstić information content (AvgIpc) is 2.45. The summed E-state index contributed by atoms with van der Waals surface area (Å²) in [7, 11) is 0. The molecule has 0 aliphatic carbocycles. The van der Waals surface area contributed by atoms with Crippen LogP contribution >= 0.6 is 0 Å². The zero-order valence-electron chi connectivity index (χ0n) is 11.9. The summed E-state index contributed by atoms with van der Waals surface area (Å²) in [4.78, 5) is 0. The second-order valence-electron chi connectivity index (χ2n) is 4.85. The fraction of sp³-hybridized carbons (Fsp3) is 0.500. The highest BCUT2D eigenvalue weighted by molar-refractivity contribution is 7.91. The van der Waals surface area contributed by atoms with Crippen molar-refractivity contribution in [3.05, 3.63) is 23.8 Å². The van der Waals surface area contributed by atoms with Crippen molar-refractivity contribution in [2.45, 2.75) is 32.1 Å². The van der Waals surface area contributed by atoms with Gasteiger partial charge in [-0.25, -0.2) is 0 Å². The number of nitrogens with zero attached hydrogens (tertiary/aromatic N) is 1. The van der Waals surface area contributed by atoms with E-state index < -0.39 is 11.5 Å². The Morgan fingerprint density at radius 1 is 1.24 bits per heavy atom. The van der Waals surface area contributed by atoms with Crippen molar-refractivity contribution in [1.29, 1.82) is 0 Å². The molecule has 1 heterocycles. The van der Waals surface area contributed by atoms with E-state index in [9.17, 15) is 4.55 Å². The van der Waals surface area contributed by atoms with Gasteiger partial charge < -0.3 is 20.1 Å². The van der Waals surface area contributed by atoms with Gasteiger partial charge in [-0.3, -0.25) is 0 Å². The Morgan fingerprint density at radius 3 is 2.81 bits per heavy atom. The van der Waals surface area contributed by atoms with Gasteiger partial charge in [0.15, 0.2) is 5.84 Å². The van der Waals surface area contributed by atoms with Crippen LogP contribution in [0.15, 0.2) is 22.6 Å². The van der Waals surface area contributed by atoms with Crippen LogP contribution in [0.3, 0.4) is 0 Å². The van der Waals surface area contributed by atoms with Crippen molar-refractivity contribution < 1.29 is 14.4 Å². The van der Waals surface area contributed by atoms with E-state index in [1.807, 2.05) is 12.1 Å². The lowest BCUT2D eigenvalue weighted by atomic mass is 10.1. The first-order valence-corrected chi connectivity index (χ1v) is 8.23. The number of hydrogen-bond acceptors (Lipinski definition) is 6. The van der Waals surface area contributed by atoms with Crippen LogP contribution in [0.4, 0.5) is 5.69 Å². The van der Waals surface area contributed by atoms with Crippen LogP contribution in [-0.4, -0.2) is 28.7 Å². The van der Waals surface area contributed by atoms with Crippen LogP contribution in [-0.2, 0) is 11.5 Å². The van der Waals surface area contributed by atoms with E-state index in [0.717, 1.165) is 32.1 Å². The van der Waals surface area contributed by atoms with Gasteiger partial charge in [0.1, 0.15) is 5.75 Å². The number of rotatable bonds is 8. The predicted molar refractivity (Wildman–Crippen MR) is 84.6 cm³/mol. The normalized spacial score (nSPS) is 16.9. The monoisotopic (exact) mass is 311 g/mol. The molecule has 0 spiro atoms. The van der Waals surface area contributed by atoms with E-state index in [1.54, 1.807) is 6.07 Å². The number of fused-ring (bicyclic) bond motifs is 1. The van der Waals surface area contributed by atoms with E-state index in [2.05, 4.69) is 9.12 Å². The number of anilines is 1. The van der Waals surface area contributed by atoms with Gasteiger partial charge in [0, 0.05) is 6.61 Å². The van der Waals surface area contributed by atoms with E-state index in [4.69, 9.17) is 15.6 Å². The fourth-order valence-corrected chi connectivity index (χ4v) is 2.85. The molecule has 21 heavy (non-hydrogen) atoms. The number of nitrogens with one attached hydrogen (secondary N) is 1. The van der Waals surface area contributed by atoms with Gasteiger partial charge >= 0.3 is 0 Å². The molecular formula is C14H21N3O3S. The molecule has 2 rings (SSSR count). The lowest BCUT2D eigenvalue weighted by Crippen LogP contribution is -2.27. The summed E-state index contributed by atoms with van der Waals surface area (Å²) in [6.45, 7) is 0.867. The molecule has 116 valence electrons. The maximum atomic E-state index is 11.4. The molecule has 0 bridgehead atoms. The van der Waals surface area contributed by atoms with E-state index >= 15 is 0 Å². The van der Waals surface area contributed by atoms with Crippen molar-refractivity contribution in [2.24, 2.45) is 10.1 Å². The van der Waals surface area contributed by atoms with Crippen molar-refractivity contribution in [3.63, 3.8) is 0 Å². The molecule has 7 heteroatoms. The lowest BCUT2D eigenvalue weighted by molar-refractivity contribution is 0.278. The minimum atomic E-state index is -1.52. The van der Waals surface area contributed by atoms with Gasteiger partial charge in [0.2, 0.25) is 11.5 Å². The summed E-state index contributed by atoms with van der Waals surface area (Å²) < 4.78 is 23.7. The highest BCUT2D eigenvalue weighted by Crippen LogP contribution is 2.30. The van der Waals surface area contributed by atoms with E-state index in [0.29, 0.717) is 23.6 Å². The number of aliphatic hydroxyl groups excluding tert-OH is 1. The van der Waals surface area contributed by atoms with E-state index in [-0.39, 0.29) is 12.4 Å². The lowest BCUT2D eigenvalue weighted by Gasteiger charge is -2.18. The molecule has 4 N–H and O–H groups in total. The molecule has 1 aromatic carbocycles. The molecule has 1 unspecified atom stereocenters. The Kier molecular flexibility index (Phi) is 6.16. The highest BCUT2D eigenvalue weighted by atomic mass is 32.2. The first-order valence-electron chi connectivity index (χ1n) is 7.12. The summed E-state index contributed by atoms with van der Waals surface area (Å²) in [5, 5.41) is 8.70. The zero-order valence-corrected chi connectivity index (χ0v) is 12.7. The van der Waals surface area contributed by atoms with Gasteiger partial charge in [0.05, 0.1) is 17.9 Å². The summed E-state index contributed by atoms with van der Waals surface area (Å²) in [6, 6.07) is 5.47. The minimum Gasteiger partial charge on any atom is -0.566 e. The number of hydrogen-bond donors (Lipinski definition) is 3. The number of benzene rings is 1. The topological polar surface area (TPSA) is 103 Å². The maximum absolute atomic E-state index is 11.4. The van der Waals surface area contributed by atoms with Crippen LogP contribution in [0, 0.1) is 0 Å². The summed E-state index contributed by atoms with van der Waals surface area (Å²) in [6.07, 6.45) is 5.03. The fourth-order valence-electron chi connectivity index (χ4n) is 2.18. The third-order valence-corrected chi connectivity index (χ3v) is 3.98. The summed E-state index contributed by atoms with van der Waals surface area (Å²) in [5.41, 5.74) is 7.20. The first-order chi connectivity index (χ1) is 10.2. The number of ether oxygens (including phenoxy) is 1. The Hall–Kier alpha value is -1.44. The molecule has 1 aliphatic rings. The van der Waals surface area contributed by atoms with Gasteiger partial charge in [-0.05, 0) is 29.4 Å². The summed E-state index contributed by atoms with van der Waals surface area (Å²) >= 11 is -1.52. The average molecular weight is 311 g/mol. The quantitative estimate of drug-likeness (QED) is 0.501. The molecule has 0 amide bonds. The molecule has 0 saturated carbocycles. The van der Waals surface area contributed by atoms with E-state index in [1.165, 1.54) is 0 Å². The van der Waals surface area contributed by atoms with Gasteiger partial charge in [-0.15, -0.1) is 0 Å². The van der Waals surface area contributed by atoms with Crippen molar-refractivity contribution >= 4 is 23.1 Å². The minimum absolute atomic E-state index is 0.237. The largest absolute Gasteiger partial charge is 0.566 e. The molecule has 0 radical (unpaired) electrons. The molecule has 0 aromatic heterocycles. The van der Waals surface area contributed by atoms with Crippen molar-refractivity contribution in [2.75, 3.05) is 17.9 Å². The zero-order chi connectivity index (χ0) is 15.1. The van der Waals surface area contributed by atoms with Gasteiger partial charge in [-0.2, -0.15) is 4.72 Å². The van der Waals surface area contributed by atoms with Crippen molar-refractivity contribution in [3.8, 4) is 5.75 Å². The van der Waals surface area contributed by atoms with Gasteiger partial charge in [0.25, 0.3) is 0 Å². The Balaban J connectivity index is 1.85. The Morgan fingerprint density at radius 2 is 2.00 bits per heavy atom. The molecule has 1 aromatic rings. The molecule has 1 atom stereocenters. The maximum Gasteiger partial charge on any atom is 0.222 e. The van der Waals surface area contributed by atoms with Crippen LogP contribution in [0.1, 0.15) is 37.7 Å². The standard InChI is InChI=1S/C14H21N3O3S/c15-14-13-11(16-21(19)17-14)7-6-8-12(13)20-10-5-3-1-2-4-9-18/h6-8,16,18H,1-5,9-10H2,(H2,15,17). The molecule has 1 aliphatic heterocycles. The van der Waals surface area contributed by atoms with Crippen molar-refractivity contribution in [1.82, 2.24) is 0 Å². The Labute approximate surface area is 127 Å². The van der Waals surface area contributed by atoms with Crippen LogP contribution < -0.4 is 15.2 Å². The number of nitrogens with two attached hydrogens (primary N) is 1. The Bertz CT molecular complexity index is 496. The SMILES string of the molecule is NC1=N[S+]([O-])Nc2cccc(OCCCCCCCO)c21. The second kappa shape index (κ2) is 8.11. The third-order valence-electron chi connectivity index (χ3n) is 3.22. The highest BCUT2D eigenvalue weighted by Gasteiger charge is 2.24. The van der Waals surface area contributed by atoms with Crippen LogP contribution in [0.5, 0.6) is 5.75 Å². The van der Waals surface area contributed by atoms with Crippen LogP contribution in [0.2, 0.25) is 0 Å². The number of unbranched alkanes of at least 4 members (excludes halogenated alkanes) is 4. The molecule has 0 saturated heterocycles. The molecule has 6 nitrogen and oxygen atoms in total. The smallest absolute Gasteiger partial charge is 0.222 e. The first kappa shape index (κ1) is 15.9. The molecule has 0 fully saturated rings. The third kappa shape index (κ3) is 4.52. The number of amidine groups is 1. The van der Waals surface area contributed by atoms with Gasteiger partial charge in [-0.1, -0.05) is 25.3 Å². The summed E-state index contributed by atoms with van der Waals surface area (Å²) in [5.74, 6) is 0.897.